The molecular weight excluding hydrogens is 243 g/mol. The molecule has 2 rings (SSSR count). The Hall–Kier alpha value is -0.0200. The maximum Gasteiger partial charge on any atom is 0.102 e. The van der Waals surface area contributed by atoms with Gasteiger partial charge in [0.1, 0.15) is 5.38 Å². The van der Waals surface area contributed by atoms with Crippen LogP contribution in [0.25, 0.3) is 0 Å². The number of hydrogen-bond donors (Lipinski definition) is 0. The SMILES string of the molecule is Clc1ccc(C(Cl)c2cccs2)s1. The molecule has 0 aliphatic heterocycles. The molecule has 0 aromatic carbocycles. The molecule has 0 aliphatic carbocycles. The van der Waals surface area contributed by atoms with Gasteiger partial charge in [-0.25, -0.2) is 0 Å². The highest BCUT2D eigenvalue weighted by atomic mass is 35.5. The number of rotatable bonds is 2. The summed E-state index contributed by atoms with van der Waals surface area (Å²) in [6.07, 6.45) is 0. The Kier molecular flexibility index (Phi) is 2.94. The zero-order chi connectivity index (χ0) is 9.26. The van der Waals surface area contributed by atoms with Crippen molar-refractivity contribution in [2.24, 2.45) is 0 Å². The van der Waals surface area contributed by atoms with Gasteiger partial charge >= 0.3 is 0 Å². The Labute approximate surface area is 94.7 Å². The third kappa shape index (κ3) is 2.08. The molecule has 0 nitrogen and oxygen atoms in total. The number of alkyl halides is 1. The molecule has 0 saturated carbocycles. The normalized spacial score (nSPS) is 13.1. The molecule has 0 amide bonds. The Morgan fingerprint density at radius 1 is 1.15 bits per heavy atom. The molecule has 68 valence electrons. The molecule has 13 heavy (non-hydrogen) atoms. The van der Waals surface area contributed by atoms with Crippen LogP contribution in [-0.4, -0.2) is 0 Å². The van der Waals surface area contributed by atoms with E-state index < -0.39 is 0 Å². The van der Waals surface area contributed by atoms with Crippen LogP contribution in [0, 0.1) is 0 Å². The fraction of sp³-hybridized carbons (Fsp3) is 0.111. The minimum Gasteiger partial charge on any atom is -0.147 e. The van der Waals surface area contributed by atoms with Crippen molar-refractivity contribution in [3.8, 4) is 0 Å². The van der Waals surface area contributed by atoms with E-state index in [1.54, 1.807) is 11.3 Å². The van der Waals surface area contributed by atoms with Crippen LogP contribution in [0.2, 0.25) is 4.34 Å². The van der Waals surface area contributed by atoms with Crippen molar-refractivity contribution in [3.63, 3.8) is 0 Å². The molecule has 0 radical (unpaired) electrons. The summed E-state index contributed by atoms with van der Waals surface area (Å²) in [4.78, 5) is 2.27. The molecular formula is C9H6Cl2S2. The van der Waals surface area contributed by atoms with Crippen molar-refractivity contribution < 1.29 is 0 Å². The van der Waals surface area contributed by atoms with E-state index in [1.807, 2.05) is 29.6 Å². The molecule has 0 saturated heterocycles. The first-order valence-electron chi connectivity index (χ1n) is 3.70. The summed E-state index contributed by atoms with van der Waals surface area (Å²) in [6.45, 7) is 0. The van der Waals surface area contributed by atoms with Gasteiger partial charge in [0, 0.05) is 9.75 Å². The molecule has 4 heteroatoms. The van der Waals surface area contributed by atoms with Crippen molar-refractivity contribution in [1.29, 1.82) is 0 Å². The smallest absolute Gasteiger partial charge is 0.102 e. The van der Waals surface area contributed by atoms with E-state index in [9.17, 15) is 0 Å². The second kappa shape index (κ2) is 4.01. The Morgan fingerprint density at radius 3 is 2.54 bits per heavy atom. The van der Waals surface area contributed by atoms with Gasteiger partial charge in [-0.1, -0.05) is 17.7 Å². The lowest BCUT2D eigenvalue weighted by Gasteiger charge is -2.02. The monoisotopic (exact) mass is 248 g/mol. The van der Waals surface area contributed by atoms with Crippen molar-refractivity contribution in [2.45, 2.75) is 5.38 Å². The van der Waals surface area contributed by atoms with E-state index in [1.165, 1.54) is 16.2 Å². The maximum absolute atomic E-state index is 6.25. The van der Waals surface area contributed by atoms with Gasteiger partial charge in [-0.3, -0.25) is 0 Å². The summed E-state index contributed by atoms with van der Waals surface area (Å²) in [6, 6.07) is 7.90. The molecule has 2 aromatic rings. The fourth-order valence-corrected chi connectivity index (χ4v) is 3.32. The van der Waals surface area contributed by atoms with Crippen LogP contribution in [-0.2, 0) is 0 Å². The van der Waals surface area contributed by atoms with Gasteiger partial charge in [0.05, 0.1) is 4.34 Å². The van der Waals surface area contributed by atoms with Crippen molar-refractivity contribution in [1.82, 2.24) is 0 Å². The highest BCUT2D eigenvalue weighted by Crippen LogP contribution is 2.37. The van der Waals surface area contributed by atoms with E-state index in [4.69, 9.17) is 23.2 Å². The Morgan fingerprint density at radius 2 is 2.00 bits per heavy atom. The molecule has 0 N–H and O–H groups in total. The molecule has 1 atom stereocenters. The lowest BCUT2D eigenvalue weighted by Crippen LogP contribution is -1.83. The largest absolute Gasteiger partial charge is 0.147 e. The van der Waals surface area contributed by atoms with Gasteiger partial charge in [-0.05, 0) is 23.6 Å². The van der Waals surface area contributed by atoms with Crippen LogP contribution in [0.5, 0.6) is 0 Å². The summed E-state index contributed by atoms with van der Waals surface area (Å²) in [5.74, 6) is 0. The second-order valence-corrected chi connectivity index (χ2v) is 5.68. The first kappa shape index (κ1) is 9.53. The van der Waals surface area contributed by atoms with Gasteiger partial charge in [0.2, 0.25) is 0 Å². The number of thiophene rings is 2. The molecule has 0 spiro atoms. The summed E-state index contributed by atoms with van der Waals surface area (Å²) < 4.78 is 0.789. The average molecular weight is 249 g/mol. The lowest BCUT2D eigenvalue weighted by atomic mass is 10.3. The average Bonchev–Trinajstić information content (AvgIpc) is 2.72. The second-order valence-electron chi connectivity index (χ2n) is 2.52. The minimum atomic E-state index is -0.0440. The van der Waals surface area contributed by atoms with Gasteiger partial charge in [-0.2, -0.15) is 0 Å². The van der Waals surface area contributed by atoms with Crippen LogP contribution < -0.4 is 0 Å². The maximum atomic E-state index is 6.25. The standard InChI is InChI=1S/C9H6Cl2S2/c10-8-4-3-7(13-8)9(11)6-2-1-5-12-6/h1-5,9H. The van der Waals surface area contributed by atoms with Crippen LogP contribution >= 0.6 is 45.9 Å². The molecule has 1 unspecified atom stereocenters. The highest BCUT2D eigenvalue weighted by Gasteiger charge is 2.13. The topological polar surface area (TPSA) is 0 Å². The van der Waals surface area contributed by atoms with Crippen molar-refractivity contribution >= 4 is 45.9 Å². The summed E-state index contributed by atoms with van der Waals surface area (Å²) in [5, 5.41) is 1.98. The number of hydrogen-bond acceptors (Lipinski definition) is 2. The minimum absolute atomic E-state index is 0.0440. The van der Waals surface area contributed by atoms with E-state index in [2.05, 4.69) is 0 Å². The molecule has 0 bridgehead atoms. The van der Waals surface area contributed by atoms with Crippen molar-refractivity contribution in [3.05, 3.63) is 43.7 Å². The Balaban J connectivity index is 2.28. The van der Waals surface area contributed by atoms with E-state index in [0.717, 1.165) is 9.21 Å². The van der Waals surface area contributed by atoms with E-state index >= 15 is 0 Å². The fourth-order valence-electron chi connectivity index (χ4n) is 1.04. The van der Waals surface area contributed by atoms with Gasteiger partial charge in [0.25, 0.3) is 0 Å². The van der Waals surface area contributed by atoms with Crippen molar-refractivity contribution in [2.75, 3.05) is 0 Å². The van der Waals surface area contributed by atoms with Gasteiger partial charge < -0.3 is 0 Å². The van der Waals surface area contributed by atoms with Crippen LogP contribution in [0.1, 0.15) is 15.1 Å². The first-order valence-corrected chi connectivity index (χ1v) is 6.21. The lowest BCUT2D eigenvalue weighted by molar-refractivity contribution is 1.24. The summed E-state index contributed by atoms with van der Waals surface area (Å²) in [5.41, 5.74) is 0. The molecule has 2 heterocycles. The molecule has 0 aliphatic rings. The highest BCUT2D eigenvalue weighted by molar-refractivity contribution is 7.17. The summed E-state index contributed by atoms with van der Waals surface area (Å²) in [7, 11) is 0. The van der Waals surface area contributed by atoms with Crippen LogP contribution in [0.4, 0.5) is 0 Å². The zero-order valence-corrected chi connectivity index (χ0v) is 9.68. The van der Waals surface area contributed by atoms with E-state index in [0.29, 0.717) is 0 Å². The third-order valence-corrected chi connectivity index (χ3v) is 4.60. The van der Waals surface area contributed by atoms with Gasteiger partial charge in [0.15, 0.2) is 0 Å². The quantitative estimate of drug-likeness (QED) is 0.671. The van der Waals surface area contributed by atoms with Crippen LogP contribution in [0.3, 0.4) is 0 Å². The van der Waals surface area contributed by atoms with E-state index in [-0.39, 0.29) is 5.38 Å². The predicted octanol–water partition coefficient (Wildman–Crippen LogP) is 4.79. The third-order valence-electron chi connectivity index (χ3n) is 1.64. The number of halogens is 2. The molecule has 2 aromatic heterocycles. The van der Waals surface area contributed by atoms with Crippen LogP contribution in [0.15, 0.2) is 29.6 Å². The summed E-state index contributed by atoms with van der Waals surface area (Å²) >= 11 is 15.3. The zero-order valence-electron chi connectivity index (χ0n) is 6.54. The van der Waals surface area contributed by atoms with Gasteiger partial charge in [-0.15, -0.1) is 34.3 Å². The Bertz CT molecular complexity index is 378. The molecule has 0 fully saturated rings. The predicted molar refractivity (Wildman–Crippen MR) is 61.3 cm³/mol. The first-order chi connectivity index (χ1) is 6.27.